The number of likely N-dealkylation sites (N-methyl/N-ethyl adjacent to an activating group) is 1. The van der Waals surface area contributed by atoms with Crippen molar-refractivity contribution in [2.75, 3.05) is 25.5 Å². The molecule has 2 aromatic rings. The first-order valence-electron chi connectivity index (χ1n) is 10.00. The molecular formula is C23H29N3O2. The second kappa shape index (κ2) is 9.51. The summed E-state index contributed by atoms with van der Waals surface area (Å²) in [5, 5.41) is 6.08. The van der Waals surface area contributed by atoms with Crippen molar-refractivity contribution < 1.29 is 9.59 Å². The zero-order valence-electron chi connectivity index (χ0n) is 16.7. The SMILES string of the molecule is CCc1ccccc1NC(=O)CN(C)CC(=O)N[C@H]1CCCc2ccccc21. The molecule has 0 spiro atoms. The second-order valence-electron chi connectivity index (χ2n) is 7.44. The average molecular weight is 380 g/mol. The van der Waals surface area contributed by atoms with E-state index in [1.165, 1.54) is 11.1 Å². The zero-order valence-corrected chi connectivity index (χ0v) is 16.7. The number of carbonyl (C=O) groups excluding carboxylic acids is 2. The third kappa shape index (κ3) is 5.20. The van der Waals surface area contributed by atoms with Crippen molar-refractivity contribution in [2.45, 2.75) is 38.6 Å². The molecular weight excluding hydrogens is 350 g/mol. The monoisotopic (exact) mass is 379 g/mol. The summed E-state index contributed by atoms with van der Waals surface area (Å²) in [5.41, 5.74) is 4.49. The van der Waals surface area contributed by atoms with Crippen LogP contribution >= 0.6 is 0 Å². The number of nitrogens with zero attached hydrogens (tertiary/aromatic N) is 1. The van der Waals surface area contributed by atoms with Gasteiger partial charge >= 0.3 is 0 Å². The first-order valence-corrected chi connectivity index (χ1v) is 10.00. The van der Waals surface area contributed by atoms with E-state index in [4.69, 9.17) is 0 Å². The van der Waals surface area contributed by atoms with Crippen molar-refractivity contribution in [3.05, 3.63) is 65.2 Å². The lowest BCUT2D eigenvalue weighted by atomic mass is 9.88. The molecule has 0 saturated carbocycles. The van der Waals surface area contributed by atoms with Gasteiger partial charge in [0.1, 0.15) is 0 Å². The number of anilines is 1. The van der Waals surface area contributed by atoms with E-state index in [-0.39, 0.29) is 30.9 Å². The normalized spacial score (nSPS) is 15.8. The highest BCUT2D eigenvalue weighted by Crippen LogP contribution is 2.29. The molecule has 0 heterocycles. The van der Waals surface area contributed by atoms with Crippen LogP contribution in [0.15, 0.2) is 48.5 Å². The fourth-order valence-corrected chi connectivity index (χ4v) is 3.83. The van der Waals surface area contributed by atoms with Crippen molar-refractivity contribution in [1.82, 2.24) is 10.2 Å². The average Bonchev–Trinajstić information content (AvgIpc) is 2.68. The molecule has 28 heavy (non-hydrogen) atoms. The maximum atomic E-state index is 12.5. The summed E-state index contributed by atoms with van der Waals surface area (Å²) in [6, 6.07) is 16.2. The number of rotatable bonds is 7. The summed E-state index contributed by atoms with van der Waals surface area (Å²) in [4.78, 5) is 26.6. The van der Waals surface area contributed by atoms with E-state index in [2.05, 4.69) is 29.7 Å². The summed E-state index contributed by atoms with van der Waals surface area (Å²) in [5.74, 6) is -0.162. The largest absolute Gasteiger partial charge is 0.348 e. The van der Waals surface area contributed by atoms with E-state index < -0.39 is 0 Å². The van der Waals surface area contributed by atoms with Gasteiger partial charge < -0.3 is 10.6 Å². The van der Waals surface area contributed by atoms with E-state index in [0.717, 1.165) is 36.9 Å². The molecule has 5 nitrogen and oxygen atoms in total. The Morgan fingerprint density at radius 2 is 1.75 bits per heavy atom. The summed E-state index contributed by atoms with van der Waals surface area (Å²) in [6.45, 7) is 2.43. The number of amides is 2. The molecule has 0 radical (unpaired) electrons. The van der Waals surface area contributed by atoms with Gasteiger partial charge in [0, 0.05) is 5.69 Å². The van der Waals surface area contributed by atoms with Crippen LogP contribution in [-0.4, -0.2) is 36.9 Å². The fourth-order valence-electron chi connectivity index (χ4n) is 3.83. The lowest BCUT2D eigenvalue weighted by molar-refractivity contribution is -0.123. The molecule has 2 N–H and O–H groups in total. The number of para-hydroxylation sites is 1. The van der Waals surface area contributed by atoms with Crippen LogP contribution in [0.4, 0.5) is 5.69 Å². The highest BCUT2D eigenvalue weighted by molar-refractivity contribution is 5.93. The topological polar surface area (TPSA) is 61.4 Å². The Bertz CT molecular complexity index is 834. The van der Waals surface area contributed by atoms with Crippen molar-refractivity contribution in [3.8, 4) is 0 Å². The molecule has 0 fully saturated rings. The highest BCUT2D eigenvalue weighted by Gasteiger charge is 2.22. The molecule has 1 aliphatic carbocycles. The zero-order chi connectivity index (χ0) is 19.9. The van der Waals surface area contributed by atoms with E-state index in [1.54, 1.807) is 11.9 Å². The van der Waals surface area contributed by atoms with Gasteiger partial charge in [0.2, 0.25) is 11.8 Å². The molecule has 0 unspecified atom stereocenters. The molecule has 0 saturated heterocycles. The lowest BCUT2D eigenvalue weighted by Gasteiger charge is -2.27. The smallest absolute Gasteiger partial charge is 0.238 e. The van der Waals surface area contributed by atoms with E-state index in [1.807, 2.05) is 36.4 Å². The molecule has 0 aliphatic heterocycles. The van der Waals surface area contributed by atoms with E-state index in [9.17, 15) is 9.59 Å². The Morgan fingerprint density at radius 3 is 2.57 bits per heavy atom. The first-order chi connectivity index (χ1) is 13.6. The van der Waals surface area contributed by atoms with E-state index >= 15 is 0 Å². The predicted molar refractivity (Wildman–Crippen MR) is 112 cm³/mol. The summed E-state index contributed by atoms with van der Waals surface area (Å²) in [6.07, 6.45) is 3.97. The number of aryl methyl sites for hydroxylation is 2. The number of carbonyl (C=O) groups is 2. The van der Waals surface area contributed by atoms with Crippen LogP contribution in [0.1, 0.15) is 42.5 Å². The van der Waals surface area contributed by atoms with Crippen LogP contribution in [0.25, 0.3) is 0 Å². The third-order valence-corrected chi connectivity index (χ3v) is 5.20. The van der Waals surface area contributed by atoms with Crippen LogP contribution < -0.4 is 10.6 Å². The van der Waals surface area contributed by atoms with Gasteiger partial charge in [-0.1, -0.05) is 49.4 Å². The number of hydrogen-bond donors (Lipinski definition) is 2. The second-order valence-corrected chi connectivity index (χ2v) is 7.44. The molecule has 0 aromatic heterocycles. The van der Waals surface area contributed by atoms with Crippen molar-refractivity contribution >= 4 is 17.5 Å². The lowest BCUT2D eigenvalue weighted by Crippen LogP contribution is -2.40. The molecule has 2 aromatic carbocycles. The summed E-state index contributed by atoms with van der Waals surface area (Å²) >= 11 is 0. The van der Waals surface area contributed by atoms with Crippen LogP contribution in [0.2, 0.25) is 0 Å². The predicted octanol–water partition coefficient (Wildman–Crippen LogP) is 3.31. The van der Waals surface area contributed by atoms with Gasteiger partial charge in [0.25, 0.3) is 0 Å². The molecule has 3 rings (SSSR count). The molecule has 1 atom stereocenters. The quantitative estimate of drug-likeness (QED) is 0.776. The molecule has 2 amide bonds. The standard InChI is InChI=1S/C23H29N3O2/c1-3-17-9-5-7-13-20(17)24-22(27)15-26(2)16-23(28)25-21-14-8-11-18-10-4-6-12-19(18)21/h4-7,9-10,12-13,21H,3,8,11,14-16H2,1-2H3,(H,24,27)(H,25,28)/t21-/m0/s1. The van der Waals surface area contributed by atoms with Crippen molar-refractivity contribution in [2.24, 2.45) is 0 Å². The third-order valence-electron chi connectivity index (χ3n) is 5.20. The highest BCUT2D eigenvalue weighted by atomic mass is 16.2. The van der Waals surface area contributed by atoms with Gasteiger partial charge in [-0.2, -0.15) is 0 Å². The number of nitrogens with one attached hydrogen (secondary N) is 2. The van der Waals surface area contributed by atoms with Gasteiger partial charge in [-0.05, 0) is 55.5 Å². The Balaban J connectivity index is 1.50. The Hall–Kier alpha value is -2.66. The number of hydrogen-bond acceptors (Lipinski definition) is 3. The molecule has 148 valence electrons. The minimum absolute atomic E-state index is 0.0500. The molecule has 0 bridgehead atoms. The van der Waals surface area contributed by atoms with Gasteiger partial charge in [-0.25, -0.2) is 0 Å². The maximum absolute atomic E-state index is 12.5. The van der Waals surface area contributed by atoms with Gasteiger partial charge in [-0.3, -0.25) is 14.5 Å². The Morgan fingerprint density at radius 1 is 1.04 bits per heavy atom. The summed E-state index contributed by atoms with van der Waals surface area (Å²) in [7, 11) is 1.79. The maximum Gasteiger partial charge on any atom is 0.238 e. The minimum atomic E-state index is -0.112. The number of fused-ring (bicyclic) bond motifs is 1. The van der Waals surface area contributed by atoms with Crippen LogP contribution in [0.3, 0.4) is 0 Å². The van der Waals surface area contributed by atoms with Crippen molar-refractivity contribution in [1.29, 1.82) is 0 Å². The van der Waals surface area contributed by atoms with Gasteiger partial charge in [-0.15, -0.1) is 0 Å². The first kappa shape index (κ1) is 20.1. The Labute approximate surface area is 167 Å². The van der Waals surface area contributed by atoms with E-state index in [0.29, 0.717) is 0 Å². The van der Waals surface area contributed by atoms with Crippen LogP contribution in [-0.2, 0) is 22.4 Å². The fraction of sp³-hybridized carbons (Fsp3) is 0.391. The summed E-state index contributed by atoms with van der Waals surface area (Å²) < 4.78 is 0. The number of benzene rings is 2. The van der Waals surface area contributed by atoms with Crippen molar-refractivity contribution in [3.63, 3.8) is 0 Å². The van der Waals surface area contributed by atoms with Crippen LogP contribution in [0, 0.1) is 0 Å². The van der Waals surface area contributed by atoms with Gasteiger partial charge in [0.15, 0.2) is 0 Å². The molecule has 1 aliphatic rings. The molecule has 5 heteroatoms. The Kier molecular flexibility index (Phi) is 6.82. The van der Waals surface area contributed by atoms with Crippen LogP contribution in [0.5, 0.6) is 0 Å². The van der Waals surface area contributed by atoms with Gasteiger partial charge in [0.05, 0.1) is 19.1 Å². The minimum Gasteiger partial charge on any atom is -0.348 e.